The van der Waals surface area contributed by atoms with Crippen molar-refractivity contribution in [1.29, 1.82) is 0 Å². The Hall–Kier alpha value is -1.54. The molecule has 172 valence electrons. The number of esters is 1. The standard InChI is InChI=1S/C23H38O7/c1-2-3-6-9-17(25)12-13-20-19(21(27)14-22(20)28)10-7-4-5-8-11-23(29)30-16-18(26)15-24/h4,7,12-13,17-20,22,24-26,28H,2-3,5-6,8-11,14-16H2,1H3/b7-4-,13-12+/t17-,18+,19-,20+,22+/m0/s1. The summed E-state index contributed by atoms with van der Waals surface area (Å²) in [5.41, 5.74) is 0. The van der Waals surface area contributed by atoms with E-state index in [9.17, 15) is 19.8 Å². The van der Waals surface area contributed by atoms with Crippen LogP contribution in [0.3, 0.4) is 0 Å². The van der Waals surface area contributed by atoms with Crippen molar-refractivity contribution < 1.29 is 34.8 Å². The Morgan fingerprint density at radius 3 is 2.70 bits per heavy atom. The van der Waals surface area contributed by atoms with Gasteiger partial charge in [-0.15, -0.1) is 0 Å². The van der Waals surface area contributed by atoms with Gasteiger partial charge in [-0.3, -0.25) is 9.59 Å². The van der Waals surface area contributed by atoms with Gasteiger partial charge in [0.25, 0.3) is 0 Å². The van der Waals surface area contributed by atoms with Crippen LogP contribution >= 0.6 is 0 Å². The lowest BCUT2D eigenvalue weighted by molar-refractivity contribution is -0.147. The first-order valence-electron chi connectivity index (χ1n) is 11.1. The van der Waals surface area contributed by atoms with Crippen molar-refractivity contribution in [3.05, 3.63) is 24.3 Å². The lowest BCUT2D eigenvalue weighted by atomic mass is 9.90. The lowest BCUT2D eigenvalue weighted by Gasteiger charge is -2.16. The van der Waals surface area contributed by atoms with Gasteiger partial charge in [0, 0.05) is 24.7 Å². The molecule has 0 aromatic heterocycles. The molecule has 1 saturated carbocycles. The molecule has 0 radical (unpaired) electrons. The summed E-state index contributed by atoms with van der Waals surface area (Å²) in [4.78, 5) is 23.7. The van der Waals surface area contributed by atoms with Crippen molar-refractivity contribution in [3.8, 4) is 0 Å². The molecule has 0 amide bonds. The number of allylic oxidation sites excluding steroid dienone is 2. The summed E-state index contributed by atoms with van der Waals surface area (Å²) in [7, 11) is 0. The molecule has 0 unspecified atom stereocenters. The number of carbonyl (C=O) groups is 2. The molecular weight excluding hydrogens is 388 g/mol. The first kappa shape index (κ1) is 26.5. The highest BCUT2D eigenvalue weighted by Gasteiger charge is 2.39. The van der Waals surface area contributed by atoms with Crippen molar-refractivity contribution in [2.24, 2.45) is 11.8 Å². The molecule has 0 aromatic rings. The van der Waals surface area contributed by atoms with Gasteiger partial charge >= 0.3 is 5.97 Å². The van der Waals surface area contributed by atoms with Gasteiger partial charge in [-0.05, 0) is 25.7 Å². The zero-order valence-electron chi connectivity index (χ0n) is 18.0. The van der Waals surface area contributed by atoms with Crippen LogP contribution in [0.2, 0.25) is 0 Å². The van der Waals surface area contributed by atoms with Crippen LogP contribution in [-0.4, -0.2) is 63.7 Å². The average Bonchev–Trinajstić information content (AvgIpc) is 2.99. The number of rotatable bonds is 15. The van der Waals surface area contributed by atoms with Crippen LogP contribution in [0.4, 0.5) is 0 Å². The first-order valence-corrected chi connectivity index (χ1v) is 11.1. The number of hydrogen-bond acceptors (Lipinski definition) is 7. The normalized spacial score (nSPS) is 24.0. The van der Waals surface area contributed by atoms with Crippen LogP contribution < -0.4 is 0 Å². The monoisotopic (exact) mass is 426 g/mol. The van der Waals surface area contributed by atoms with Gasteiger partial charge in [0.05, 0.1) is 18.8 Å². The second-order valence-corrected chi connectivity index (χ2v) is 7.99. The molecule has 1 rings (SSSR count). The van der Waals surface area contributed by atoms with Gasteiger partial charge in [-0.2, -0.15) is 0 Å². The number of aliphatic hydroxyl groups is 4. The summed E-state index contributed by atoms with van der Waals surface area (Å²) in [5.74, 6) is -0.961. The topological polar surface area (TPSA) is 124 Å². The molecule has 1 aliphatic rings. The van der Waals surface area contributed by atoms with E-state index < -0.39 is 30.9 Å². The number of ether oxygens (including phenoxy) is 1. The Morgan fingerprint density at radius 2 is 2.00 bits per heavy atom. The summed E-state index contributed by atoms with van der Waals surface area (Å²) in [6.07, 6.45) is 10.9. The van der Waals surface area contributed by atoms with Crippen molar-refractivity contribution >= 4 is 11.8 Å². The average molecular weight is 427 g/mol. The van der Waals surface area contributed by atoms with Crippen LogP contribution in [0.1, 0.15) is 64.7 Å². The van der Waals surface area contributed by atoms with Crippen LogP contribution in [0.15, 0.2) is 24.3 Å². The maximum atomic E-state index is 12.2. The van der Waals surface area contributed by atoms with Gasteiger partial charge in [0.2, 0.25) is 0 Å². The van der Waals surface area contributed by atoms with Gasteiger partial charge in [0.1, 0.15) is 18.5 Å². The molecule has 1 aliphatic carbocycles. The number of Topliss-reactive ketones (excluding diaryl/α,β-unsaturated/α-hetero) is 1. The molecule has 1 fully saturated rings. The molecular formula is C23H38O7. The molecule has 7 heteroatoms. The van der Waals surface area contributed by atoms with Crippen molar-refractivity contribution in [2.75, 3.05) is 13.2 Å². The van der Waals surface area contributed by atoms with Crippen LogP contribution in [0, 0.1) is 11.8 Å². The molecule has 0 spiro atoms. The molecule has 0 aliphatic heterocycles. The summed E-state index contributed by atoms with van der Waals surface area (Å²) >= 11 is 0. The second-order valence-electron chi connectivity index (χ2n) is 7.99. The third kappa shape index (κ3) is 10.5. The van der Waals surface area contributed by atoms with E-state index in [-0.39, 0.29) is 37.1 Å². The van der Waals surface area contributed by atoms with E-state index in [0.29, 0.717) is 25.7 Å². The van der Waals surface area contributed by atoms with E-state index in [1.54, 1.807) is 12.2 Å². The highest BCUT2D eigenvalue weighted by atomic mass is 16.5. The summed E-state index contributed by atoms with van der Waals surface area (Å²) in [6, 6.07) is 0. The summed E-state index contributed by atoms with van der Waals surface area (Å²) < 4.78 is 4.83. The zero-order chi connectivity index (χ0) is 22.4. The molecule has 5 atom stereocenters. The second kappa shape index (κ2) is 15.3. The third-order valence-electron chi connectivity index (χ3n) is 5.35. The minimum absolute atomic E-state index is 0.0355. The van der Waals surface area contributed by atoms with Gasteiger partial charge in [-0.1, -0.05) is 50.5 Å². The van der Waals surface area contributed by atoms with E-state index in [4.69, 9.17) is 14.9 Å². The molecule has 4 N–H and O–H groups in total. The SMILES string of the molecule is CCCCC[C@H](O)/C=C/[C@H]1[C@H](O)CC(=O)[C@H]1C/C=C\CCCC(=O)OC[C@H](O)CO. The first-order chi connectivity index (χ1) is 14.4. The van der Waals surface area contributed by atoms with E-state index in [2.05, 4.69) is 6.92 Å². The van der Waals surface area contributed by atoms with E-state index in [0.717, 1.165) is 19.3 Å². The Kier molecular flexibility index (Phi) is 13.5. The fraction of sp³-hybridized carbons (Fsp3) is 0.739. The smallest absolute Gasteiger partial charge is 0.305 e. The number of hydrogen-bond donors (Lipinski definition) is 4. The molecule has 0 aromatic carbocycles. The highest BCUT2D eigenvalue weighted by molar-refractivity contribution is 5.84. The Bertz CT molecular complexity index is 558. The number of aliphatic hydroxyl groups excluding tert-OH is 4. The zero-order valence-corrected chi connectivity index (χ0v) is 18.0. The molecule has 7 nitrogen and oxygen atoms in total. The van der Waals surface area contributed by atoms with Gasteiger partial charge in [-0.25, -0.2) is 0 Å². The van der Waals surface area contributed by atoms with Crippen molar-refractivity contribution in [1.82, 2.24) is 0 Å². The molecule has 0 bridgehead atoms. The predicted molar refractivity (Wildman–Crippen MR) is 114 cm³/mol. The van der Waals surface area contributed by atoms with Crippen LogP contribution in [0.25, 0.3) is 0 Å². The van der Waals surface area contributed by atoms with Crippen LogP contribution in [-0.2, 0) is 14.3 Å². The Labute approximate surface area is 179 Å². The largest absolute Gasteiger partial charge is 0.463 e. The summed E-state index contributed by atoms with van der Waals surface area (Å²) in [6.45, 7) is 1.45. The highest BCUT2D eigenvalue weighted by Crippen LogP contribution is 2.33. The van der Waals surface area contributed by atoms with E-state index >= 15 is 0 Å². The Balaban J connectivity index is 2.37. The summed E-state index contributed by atoms with van der Waals surface area (Å²) in [5, 5.41) is 38.0. The minimum atomic E-state index is -1.05. The molecule has 0 heterocycles. The Morgan fingerprint density at radius 1 is 1.23 bits per heavy atom. The lowest BCUT2D eigenvalue weighted by Crippen LogP contribution is -2.21. The van der Waals surface area contributed by atoms with E-state index in [1.165, 1.54) is 0 Å². The predicted octanol–water partition coefficient (Wildman–Crippen LogP) is 2.06. The van der Waals surface area contributed by atoms with Crippen molar-refractivity contribution in [2.45, 2.75) is 83.0 Å². The van der Waals surface area contributed by atoms with Crippen LogP contribution in [0.5, 0.6) is 0 Å². The fourth-order valence-electron chi connectivity index (χ4n) is 3.52. The maximum Gasteiger partial charge on any atom is 0.305 e. The minimum Gasteiger partial charge on any atom is -0.463 e. The van der Waals surface area contributed by atoms with Gasteiger partial charge < -0.3 is 25.2 Å². The number of unbranched alkanes of at least 4 members (excludes halogenated alkanes) is 3. The molecule has 30 heavy (non-hydrogen) atoms. The maximum absolute atomic E-state index is 12.2. The molecule has 0 saturated heterocycles. The number of carbonyl (C=O) groups excluding carboxylic acids is 2. The fourth-order valence-corrected chi connectivity index (χ4v) is 3.52. The van der Waals surface area contributed by atoms with E-state index in [1.807, 2.05) is 12.2 Å². The third-order valence-corrected chi connectivity index (χ3v) is 5.35. The van der Waals surface area contributed by atoms with Gasteiger partial charge in [0.15, 0.2) is 0 Å². The van der Waals surface area contributed by atoms with Crippen molar-refractivity contribution in [3.63, 3.8) is 0 Å². The quantitative estimate of drug-likeness (QED) is 0.179. The number of ketones is 1.